The van der Waals surface area contributed by atoms with E-state index in [4.69, 9.17) is 0 Å². The summed E-state index contributed by atoms with van der Waals surface area (Å²) in [7, 11) is 0. The van der Waals surface area contributed by atoms with Gasteiger partial charge < -0.3 is 5.32 Å². The van der Waals surface area contributed by atoms with E-state index in [1.807, 2.05) is 17.8 Å². The highest BCUT2D eigenvalue weighted by Gasteiger charge is 2.10. The number of hydrogen-bond donors (Lipinski definition) is 1. The minimum atomic E-state index is 0.323. The maximum Gasteiger partial charge on any atom is 0.0798 e. The molecule has 2 aromatic rings. The summed E-state index contributed by atoms with van der Waals surface area (Å²) in [5, 5.41) is 3.49. The first kappa shape index (κ1) is 12.2. The van der Waals surface area contributed by atoms with Gasteiger partial charge in [-0.3, -0.25) is 4.98 Å². The number of hydrogen-bond acceptors (Lipinski definition) is 4. The monoisotopic (exact) mass is 247 g/mol. The quantitative estimate of drug-likeness (QED) is 0.902. The van der Waals surface area contributed by atoms with E-state index in [1.54, 1.807) is 11.3 Å². The highest BCUT2D eigenvalue weighted by molar-refractivity contribution is 7.09. The van der Waals surface area contributed by atoms with Crippen LogP contribution in [0.3, 0.4) is 0 Å². The molecule has 2 heterocycles. The van der Waals surface area contributed by atoms with E-state index in [2.05, 4.69) is 42.1 Å². The van der Waals surface area contributed by atoms with Crippen molar-refractivity contribution in [2.24, 2.45) is 0 Å². The van der Waals surface area contributed by atoms with Gasteiger partial charge in [-0.25, -0.2) is 4.98 Å². The first-order valence-corrected chi connectivity index (χ1v) is 6.60. The lowest BCUT2D eigenvalue weighted by Crippen LogP contribution is -2.19. The largest absolute Gasteiger partial charge is 0.304 e. The van der Waals surface area contributed by atoms with E-state index in [-0.39, 0.29) is 0 Å². The summed E-state index contributed by atoms with van der Waals surface area (Å²) in [4.78, 5) is 9.96. The van der Waals surface area contributed by atoms with Crippen LogP contribution in [-0.2, 0) is 6.54 Å². The van der Waals surface area contributed by atoms with E-state index in [0.717, 1.165) is 17.9 Å². The Morgan fingerprint density at radius 2 is 2.18 bits per heavy atom. The molecule has 0 radical (unpaired) electrons. The summed E-state index contributed by atoms with van der Waals surface area (Å²) < 4.78 is 0. The van der Waals surface area contributed by atoms with Gasteiger partial charge in [-0.1, -0.05) is 6.07 Å². The van der Waals surface area contributed by atoms with Crippen LogP contribution in [0, 0.1) is 13.8 Å². The molecule has 2 aromatic heterocycles. The van der Waals surface area contributed by atoms with Gasteiger partial charge >= 0.3 is 0 Å². The number of pyridine rings is 1. The zero-order valence-corrected chi connectivity index (χ0v) is 11.2. The van der Waals surface area contributed by atoms with Crippen molar-refractivity contribution in [1.29, 1.82) is 0 Å². The predicted molar refractivity (Wildman–Crippen MR) is 71.1 cm³/mol. The summed E-state index contributed by atoms with van der Waals surface area (Å²) in [5.41, 5.74) is 5.36. The van der Waals surface area contributed by atoms with Crippen molar-refractivity contribution in [3.63, 3.8) is 0 Å². The standard InChI is InChI=1S/C13H17N3S/c1-9-5-4-6-14-12(9)7-15-10(2)13-11(3)16-8-17-13/h4-6,8,10,15H,7H2,1-3H3. The Bertz CT molecular complexity index is 493. The second kappa shape index (κ2) is 5.38. The molecule has 0 aromatic carbocycles. The third-order valence-electron chi connectivity index (χ3n) is 2.87. The molecule has 3 nitrogen and oxygen atoms in total. The van der Waals surface area contributed by atoms with E-state index >= 15 is 0 Å². The average Bonchev–Trinajstić information content (AvgIpc) is 2.74. The number of aromatic nitrogens is 2. The van der Waals surface area contributed by atoms with Gasteiger partial charge in [-0.15, -0.1) is 11.3 Å². The third kappa shape index (κ3) is 2.90. The number of nitrogens with zero attached hydrogens (tertiary/aromatic N) is 2. The summed E-state index contributed by atoms with van der Waals surface area (Å²) in [6.45, 7) is 7.10. The highest BCUT2D eigenvalue weighted by Crippen LogP contribution is 2.21. The fraction of sp³-hybridized carbons (Fsp3) is 0.385. The molecule has 2 rings (SSSR count). The van der Waals surface area contributed by atoms with Gasteiger partial charge in [-0.2, -0.15) is 0 Å². The van der Waals surface area contributed by atoms with Crippen molar-refractivity contribution in [3.05, 3.63) is 45.7 Å². The number of aryl methyl sites for hydroxylation is 2. The molecule has 0 spiro atoms. The van der Waals surface area contributed by atoms with Crippen LogP contribution in [0.4, 0.5) is 0 Å². The number of nitrogens with one attached hydrogen (secondary N) is 1. The molecular weight excluding hydrogens is 230 g/mol. The Morgan fingerprint density at radius 3 is 2.82 bits per heavy atom. The van der Waals surface area contributed by atoms with E-state index in [1.165, 1.54) is 10.4 Å². The summed E-state index contributed by atoms with van der Waals surface area (Å²) >= 11 is 1.70. The number of rotatable bonds is 4. The lowest BCUT2D eigenvalue weighted by atomic mass is 10.2. The molecule has 0 fully saturated rings. The second-order valence-electron chi connectivity index (χ2n) is 4.17. The molecular formula is C13H17N3S. The first-order chi connectivity index (χ1) is 8.18. The molecule has 0 saturated heterocycles. The number of thiazole rings is 1. The molecule has 0 aliphatic carbocycles. The van der Waals surface area contributed by atoms with Crippen LogP contribution in [0.25, 0.3) is 0 Å². The Kier molecular flexibility index (Phi) is 3.86. The first-order valence-electron chi connectivity index (χ1n) is 5.72. The minimum Gasteiger partial charge on any atom is -0.304 e. The van der Waals surface area contributed by atoms with E-state index in [0.29, 0.717) is 6.04 Å². The summed E-state index contributed by atoms with van der Waals surface area (Å²) in [6, 6.07) is 4.38. The van der Waals surface area contributed by atoms with Crippen molar-refractivity contribution >= 4 is 11.3 Å². The molecule has 90 valence electrons. The minimum absolute atomic E-state index is 0.323. The molecule has 0 bridgehead atoms. The molecule has 0 amide bonds. The van der Waals surface area contributed by atoms with Gasteiger partial charge in [0.1, 0.15) is 0 Å². The molecule has 0 saturated carbocycles. The van der Waals surface area contributed by atoms with Crippen molar-refractivity contribution < 1.29 is 0 Å². The fourth-order valence-corrected chi connectivity index (χ4v) is 2.61. The molecule has 0 aliphatic heterocycles. The summed E-state index contributed by atoms with van der Waals surface area (Å²) in [5.74, 6) is 0. The van der Waals surface area contributed by atoms with Crippen molar-refractivity contribution in [2.75, 3.05) is 0 Å². The molecule has 17 heavy (non-hydrogen) atoms. The third-order valence-corrected chi connectivity index (χ3v) is 3.98. The zero-order valence-electron chi connectivity index (χ0n) is 10.4. The molecule has 1 unspecified atom stereocenters. The van der Waals surface area contributed by atoms with Crippen LogP contribution in [-0.4, -0.2) is 9.97 Å². The van der Waals surface area contributed by atoms with Crippen LogP contribution in [0.15, 0.2) is 23.8 Å². The Balaban J connectivity index is 2.00. The summed E-state index contributed by atoms with van der Waals surface area (Å²) in [6.07, 6.45) is 1.84. The van der Waals surface area contributed by atoms with Gasteiger partial charge in [0, 0.05) is 23.7 Å². The van der Waals surface area contributed by atoms with Gasteiger partial charge in [0.15, 0.2) is 0 Å². The van der Waals surface area contributed by atoms with Crippen molar-refractivity contribution in [1.82, 2.24) is 15.3 Å². The van der Waals surface area contributed by atoms with Crippen molar-refractivity contribution in [2.45, 2.75) is 33.4 Å². The van der Waals surface area contributed by atoms with E-state index in [9.17, 15) is 0 Å². The maximum atomic E-state index is 4.38. The normalized spacial score (nSPS) is 12.6. The van der Waals surface area contributed by atoms with E-state index < -0.39 is 0 Å². The highest BCUT2D eigenvalue weighted by atomic mass is 32.1. The van der Waals surface area contributed by atoms with Gasteiger partial charge in [0.05, 0.1) is 16.9 Å². The Labute approximate surface area is 106 Å². The van der Waals surface area contributed by atoms with Crippen LogP contribution in [0.5, 0.6) is 0 Å². The average molecular weight is 247 g/mol. The Hall–Kier alpha value is -1.26. The van der Waals surface area contributed by atoms with Crippen LogP contribution in [0.1, 0.15) is 34.8 Å². The molecule has 4 heteroatoms. The van der Waals surface area contributed by atoms with Gasteiger partial charge in [-0.05, 0) is 32.4 Å². The lowest BCUT2D eigenvalue weighted by molar-refractivity contribution is 0.570. The SMILES string of the molecule is Cc1cccnc1CNC(C)c1scnc1C. The lowest BCUT2D eigenvalue weighted by Gasteiger charge is -2.13. The predicted octanol–water partition coefficient (Wildman–Crippen LogP) is 3.01. The second-order valence-corrected chi connectivity index (χ2v) is 5.06. The van der Waals surface area contributed by atoms with Gasteiger partial charge in [0.25, 0.3) is 0 Å². The Morgan fingerprint density at radius 1 is 1.35 bits per heavy atom. The van der Waals surface area contributed by atoms with Crippen molar-refractivity contribution in [3.8, 4) is 0 Å². The van der Waals surface area contributed by atoms with Crippen LogP contribution in [0.2, 0.25) is 0 Å². The fourth-order valence-electron chi connectivity index (χ4n) is 1.77. The van der Waals surface area contributed by atoms with Crippen LogP contribution < -0.4 is 5.32 Å². The van der Waals surface area contributed by atoms with Crippen LogP contribution >= 0.6 is 11.3 Å². The smallest absolute Gasteiger partial charge is 0.0798 e. The molecule has 0 aliphatic rings. The van der Waals surface area contributed by atoms with Gasteiger partial charge in [0.2, 0.25) is 0 Å². The maximum absolute atomic E-state index is 4.38. The zero-order chi connectivity index (χ0) is 12.3. The molecule has 1 atom stereocenters. The topological polar surface area (TPSA) is 37.8 Å². The molecule has 1 N–H and O–H groups in total.